The van der Waals surface area contributed by atoms with Gasteiger partial charge in [-0.3, -0.25) is 0 Å². The molecule has 0 spiro atoms. The van der Waals surface area contributed by atoms with Gasteiger partial charge in [-0.05, 0) is 42.4 Å². The van der Waals surface area contributed by atoms with Crippen LogP contribution in [0.3, 0.4) is 0 Å². The molecule has 2 nitrogen and oxygen atoms in total. The van der Waals surface area contributed by atoms with Crippen LogP contribution in [0.1, 0.15) is 52.9 Å². The zero-order chi connectivity index (χ0) is 14.3. The minimum absolute atomic E-state index is 0.184. The Balaban J connectivity index is 2.35. The van der Waals surface area contributed by atoms with E-state index in [-0.39, 0.29) is 11.3 Å². The summed E-state index contributed by atoms with van der Waals surface area (Å²) in [6.07, 6.45) is 9.16. The Hall–Kier alpha value is -1.05. The monoisotopic (exact) mass is 262 g/mol. The molecule has 0 radical (unpaired) electrons. The number of hydrogen-bond donors (Lipinski definition) is 1. The minimum atomic E-state index is -0.853. The maximum absolute atomic E-state index is 10.8. The summed E-state index contributed by atoms with van der Waals surface area (Å²) in [5.74, 6) is 0.0400. The van der Waals surface area contributed by atoms with E-state index in [0.717, 1.165) is 6.42 Å². The van der Waals surface area contributed by atoms with Gasteiger partial charge in [-0.25, -0.2) is 4.79 Å². The normalized spacial score (nSPS) is 38.2. The Morgan fingerprint density at radius 3 is 2.68 bits per heavy atom. The molecule has 3 atom stereocenters. The lowest BCUT2D eigenvalue weighted by Gasteiger charge is -2.57. The van der Waals surface area contributed by atoms with Crippen molar-refractivity contribution >= 4 is 5.97 Å². The minimum Gasteiger partial charge on any atom is -0.478 e. The summed E-state index contributed by atoms with van der Waals surface area (Å²) in [6, 6.07) is 0. The molecule has 0 saturated heterocycles. The fourth-order valence-electron chi connectivity index (χ4n) is 4.74. The smallest absolute Gasteiger partial charge is 0.327 e. The van der Waals surface area contributed by atoms with Gasteiger partial charge in [-0.2, -0.15) is 0 Å². The van der Waals surface area contributed by atoms with Gasteiger partial charge < -0.3 is 5.11 Å². The van der Waals surface area contributed by atoms with Crippen molar-refractivity contribution in [2.45, 2.75) is 52.9 Å². The topological polar surface area (TPSA) is 37.3 Å². The summed E-state index contributed by atoms with van der Waals surface area (Å²) in [5, 5.41) is 8.90. The van der Waals surface area contributed by atoms with Crippen molar-refractivity contribution in [3.8, 4) is 0 Å². The van der Waals surface area contributed by atoms with E-state index in [1.807, 2.05) is 6.08 Å². The first-order valence-corrected chi connectivity index (χ1v) is 7.36. The van der Waals surface area contributed by atoms with Gasteiger partial charge in [0.1, 0.15) is 0 Å². The van der Waals surface area contributed by atoms with Gasteiger partial charge in [0, 0.05) is 12.0 Å². The van der Waals surface area contributed by atoms with E-state index in [0.29, 0.717) is 11.3 Å². The van der Waals surface area contributed by atoms with Crippen molar-refractivity contribution in [2.75, 3.05) is 0 Å². The summed E-state index contributed by atoms with van der Waals surface area (Å²) >= 11 is 0. The van der Waals surface area contributed by atoms with Crippen LogP contribution in [-0.2, 0) is 4.79 Å². The second-order valence-electron chi connectivity index (χ2n) is 7.27. The molecule has 2 aliphatic carbocycles. The summed E-state index contributed by atoms with van der Waals surface area (Å²) in [4.78, 5) is 10.8. The number of carbonyl (C=O) groups is 1. The molecule has 2 aliphatic rings. The van der Waals surface area contributed by atoms with Crippen LogP contribution in [0.5, 0.6) is 0 Å². The predicted molar refractivity (Wildman–Crippen MR) is 77.9 cm³/mol. The summed E-state index contributed by atoms with van der Waals surface area (Å²) < 4.78 is 0. The van der Waals surface area contributed by atoms with Crippen LogP contribution in [0, 0.1) is 22.7 Å². The lowest BCUT2D eigenvalue weighted by molar-refractivity contribution is -0.131. The first kappa shape index (κ1) is 14.4. The Kier molecular flexibility index (Phi) is 3.63. The fourth-order valence-corrected chi connectivity index (χ4v) is 4.74. The van der Waals surface area contributed by atoms with E-state index in [2.05, 4.69) is 27.4 Å². The number of carboxylic acids is 1. The van der Waals surface area contributed by atoms with Gasteiger partial charge >= 0.3 is 5.97 Å². The van der Waals surface area contributed by atoms with Crippen LogP contribution < -0.4 is 0 Å². The SMILES string of the molecule is C=C1CC[C@@H]2C(C)(C)CCC[C@]2(C)[C@H]1C=CC(=O)O. The molecule has 2 fully saturated rings. The summed E-state index contributed by atoms with van der Waals surface area (Å²) in [6.45, 7) is 11.3. The maximum Gasteiger partial charge on any atom is 0.327 e. The highest BCUT2D eigenvalue weighted by atomic mass is 16.4. The third kappa shape index (κ3) is 2.50. The summed E-state index contributed by atoms with van der Waals surface area (Å²) in [7, 11) is 0. The van der Waals surface area contributed by atoms with Crippen LogP contribution in [0.15, 0.2) is 24.3 Å². The fraction of sp³-hybridized carbons (Fsp3) is 0.706. The number of hydrogen-bond acceptors (Lipinski definition) is 1. The van der Waals surface area contributed by atoms with Crippen molar-refractivity contribution in [3.05, 3.63) is 24.3 Å². The first-order chi connectivity index (χ1) is 8.77. The largest absolute Gasteiger partial charge is 0.478 e. The quantitative estimate of drug-likeness (QED) is 0.590. The molecule has 0 aromatic heterocycles. The molecule has 2 rings (SSSR count). The second-order valence-corrected chi connectivity index (χ2v) is 7.27. The number of fused-ring (bicyclic) bond motifs is 1. The van der Waals surface area contributed by atoms with Crippen LogP contribution >= 0.6 is 0 Å². The Labute approximate surface area is 116 Å². The standard InChI is InChI=1S/C17H26O2/c1-12-6-8-14-16(2,3)10-5-11-17(14,4)13(12)7-9-15(18)19/h7,9,13-14H,1,5-6,8,10-11H2,2-4H3,(H,18,19)/t13-,14+,17+/m0/s1. The first-order valence-electron chi connectivity index (χ1n) is 7.36. The van der Waals surface area contributed by atoms with E-state index < -0.39 is 5.97 Å². The number of allylic oxidation sites excluding steroid dienone is 2. The van der Waals surface area contributed by atoms with E-state index >= 15 is 0 Å². The third-order valence-electron chi connectivity index (χ3n) is 5.61. The van der Waals surface area contributed by atoms with Gasteiger partial charge in [0.15, 0.2) is 0 Å². The van der Waals surface area contributed by atoms with E-state index in [9.17, 15) is 4.79 Å². The van der Waals surface area contributed by atoms with Gasteiger partial charge in [0.05, 0.1) is 0 Å². The Morgan fingerprint density at radius 1 is 1.37 bits per heavy atom. The molecule has 2 saturated carbocycles. The molecule has 0 unspecified atom stereocenters. The van der Waals surface area contributed by atoms with E-state index in [4.69, 9.17) is 5.11 Å². The predicted octanol–water partition coefficient (Wildman–Crippen LogP) is 4.43. The van der Waals surface area contributed by atoms with Gasteiger partial charge in [0.2, 0.25) is 0 Å². The highest BCUT2D eigenvalue weighted by molar-refractivity contribution is 5.79. The zero-order valence-electron chi connectivity index (χ0n) is 12.4. The highest BCUT2D eigenvalue weighted by Crippen LogP contribution is 2.61. The van der Waals surface area contributed by atoms with Crippen LogP contribution in [-0.4, -0.2) is 11.1 Å². The molecule has 0 heterocycles. The highest BCUT2D eigenvalue weighted by Gasteiger charge is 2.52. The van der Waals surface area contributed by atoms with Crippen LogP contribution in [0.2, 0.25) is 0 Å². The number of rotatable bonds is 2. The molecular weight excluding hydrogens is 236 g/mol. The molecule has 106 valence electrons. The van der Waals surface area contributed by atoms with Gasteiger partial charge in [0.25, 0.3) is 0 Å². The molecule has 0 amide bonds. The molecule has 2 heteroatoms. The van der Waals surface area contributed by atoms with Gasteiger partial charge in [-0.15, -0.1) is 0 Å². The molecule has 0 aliphatic heterocycles. The van der Waals surface area contributed by atoms with E-state index in [1.54, 1.807) is 0 Å². The number of carboxylic acid groups (broad SMARTS) is 1. The molecule has 0 aromatic rings. The van der Waals surface area contributed by atoms with Crippen LogP contribution in [0.4, 0.5) is 0 Å². The molecule has 1 N–H and O–H groups in total. The van der Waals surface area contributed by atoms with Gasteiger partial charge in [-0.1, -0.05) is 45.4 Å². The average Bonchev–Trinajstić information content (AvgIpc) is 2.26. The van der Waals surface area contributed by atoms with Crippen LogP contribution in [0.25, 0.3) is 0 Å². The lowest BCUT2D eigenvalue weighted by atomic mass is 9.47. The summed E-state index contributed by atoms with van der Waals surface area (Å²) in [5.41, 5.74) is 1.76. The van der Waals surface area contributed by atoms with Crippen molar-refractivity contribution in [1.82, 2.24) is 0 Å². The Morgan fingerprint density at radius 2 is 2.05 bits per heavy atom. The van der Waals surface area contributed by atoms with Crippen molar-refractivity contribution in [1.29, 1.82) is 0 Å². The third-order valence-corrected chi connectivity index (χ3v) is 5.61. The Bertz CT molecular complexity index is 419. The zero-order valence-corrected chi connectivity index (χ0v) is 12.4. The lowest BCUT2D eigenvalue weighted by Crippen LogP contribution is -2.48. The number of aliphatic carboxylic acids is 1. The van der Waals surface area contributed by atoms with Crippen molar-refractivity contribution in [2.24, 2.45) is 22.7 Å². The van der Waals surface area contributed by atoms with Crippen molar-refractivity contribution in [3.63, 3.8) is 0 Å². The van der Waals surface area contributed by atoms with Crippen molar-refractivity contribution < 1.29 is 9.90 Å². The average molecular weight is 262 g/mol. The molecule has 19 heavy (non-hydrogen) atoms. The van der Waals surface area contributed by atoms with E-state index in [1.165, 1.54) is 37.3 Å². The second kappa shape index (κ2) is 4.81. The molecular formula is C17H26O2. The molecule has 0 bridgehead atoms. The molecule has 0 aromatic carbocycles. The maximum atomic E-state index is 10.8.